The van der Waals surface area contributed by atoms with Gasteiger partial charge in [0.15, 0.2) is 0 Å². The van der Waals surface area contributed by atoms with Crippen molar-refractivity contribution in [2.45, 2.75) is 6.42 Å². The van der Waals surface area contributed by atoms with Crippen molar-refractivity contribution < 1.29 is 9.47 Å². The quantitative estimate of drug-likeness (QED) is 0.516. The monoisotopic (exact) mass is 477 g/mol. The lowest BCUT2D eigenvalue weighted by Crippen LogP contribution is -2.46. The number of benzene rings is 2. The van der Waals surface area contributed by atoms with Crippen molar-refractivity contribution in [3.63, 3.8) is 0 Å². The first-order valence-electron chi connectivity index (χ1n) is 9.68. The first-order chi connectivity index (χ1) is 13.2. The maximum absolute atomic E-state index is 5.88. The zero-order valence-electron chi connectivity index (χ0n) is 18.0. The van der Waals surface area contributed by atoms with Gasteiger partial charge in [0.1, 0.15) is 11.5 Å². The molecule has 0 bridgehead atoms. The zero-order valence-corrected chi connectivity index (χ0v) is 20.4. The minimum Gasteiger partial charge on any atom is -0.495 e. The van der Waals surface area contributed by atoms with Crippen LogP contribution < -0.4 is 19.3 Å². The number of hydrogen-bond acceptors (Lipinski definition) is 5. The Morgan fingerprint density at radius 2 is 1.50 bits per heavy atom. The Bertz CT molecular complexity index is 709. The summed E-state index contributed by atoms with van der Waals surface area (Å²) < 4.78 is 11.4. The number of nitrogens with zero attached hydrogens (tertiary/aromatic N) is 3. The van der Waals surface area contributed by atoms with E-state index in [1.54, 1.807) is 7.11 Å². The molecular weight excluding hydrogens is 445 g/mol. The molecule has 0 atom stereocenters. The molecule has 0 spiro atoms. The first-order valence-corrected chi connectivity index (χ1v) is 9.68. The highest BCUT2D eigenvalue weighted by Gasteiger charge is 2.19. The molecule has 2 aromatic carbocycles. The van der Waals surface area contributed by atoms with E-state index in [2.05, 4.69) is 39.0 Å². The summed E-state index contributed by atoms with van der Waals surface area (Å²) in [6.07, 6.45) is 1.05. The molecule has 0 aromatic heterocycles. The summed E-state index contributed by atoms with van der Waals surface area (Å²) in [6, 6.07) is 16.5. The Hall–Kier alpha value is -1.53. The number of halogens is 3. The predicted molar refractivity (Wildman–Crippen MR) is 134 cm³/mol. The highest BCUT2D eigenvalue weighted by Crippen LogP contribution is 2.28. The number of rotatable bonds is 8. The Kier molecular flexibility index (Phi) is 13.7. The lowest BCUT2D eigenvalue weighted by Gasteiger charge is -2.36. The molecule has 0 amide bonds. The van der Waals surface area contributed by atoms with Crippen molar-refractivity contribution in [2.24, 2.45) is 0 Å². The fourth-order valence-electron chi connectivity index (χ4n) is 3.42. The van der Waals surface area contributed by atoms with Crippen LogP contribution in [0, 0.1) is 0 Å². The zero-order chi connectivity index (χ0) is 19.1. The Morgan fingerprint density at radius 3 is 2.10 bits per heavy atom. The van der Waals surface area contributed by atoms with Crippen LogP contribution >= 0.6 is 37.2 Å². The van der Waals surface area contributed by atoms with Gasteiger partial charge in [-0.3, -0.25) is 4.90 Å². The number of anilines is 2. The molecule has 1 aliphatic heterocycles. The van der Waals surface area contributed by atoms with Crippen molar-refractivity contribution in [3.05, 3.63) is 48.5 Å². The molecule has 1 saturated heterocycles. The van der Waals surface area contributed by atoms with Gasteiger partial charge < -0.3 is 19.3 Å². The summed E-state index contributed by atoms with van der Waals surface area (Å²) >= 11 is 0. The second-order valence-electron chi connectivity index (χ2n) is 7.09. The third kappa shape index (κ3) is 7.95. The van der Waals surface area contributed by atoms with Crippen LogP contribution in [0.25, 0.3) is 0 Å². The molecule has 1 aliphatic rings. The summed E-state index contributed by atoms with van der Waals surface area (Å²) in [5.41, 5.74) is 2.39. The van der Waals surface area contributed by atoms with Gasteiger partial charge in [-0.15, -0.1) is 37.2 Å². The van der Waals surface area contributed by atoms with Crippen LogP contribution in [0.1, 0.15) is 6.42 Å². The molecule has 8 heteroatoms. The third-order valence-electron chi connectivity index (χ3n) is 5.04. The average molecular weight is 479 g/mol. The van der Waals surface area contributed by atoms with Gasteiger partial charge >= 0.3 is 0 Å². The topological polar surface area (TPSA) is 28.2 Å². The van der Waals surface area contributed by atoms with Crippen molar-refractivity contribution >= 4 is 48.6 Å². The van der Waals surface area contributed by atoms with Gasteiger partial charge in [-0.2, -0.15) is 0 Å². The van der Waals surface area contributed by atoms with E-state index in [1.165, 1.54) is 11.4 Å². The van der Waals surface area contributed by atoms with E-state index >= 15 is 0 Å². The number of piperazine rings is 1. The normalized spacial score (nSPS) is 13.4. The van der Waals surface area contributed by atoms with Gasteiger partial charge in [0.2, 0.25) is 0 Å². The van der Waals surface area contributed by atoms with E-state index in [0.29, 0.717) is 0 Å². The maximum atomic E-state index is 5.88. The van der Waals surface area contributed by atoms with Gasteiger partial charge in [-0.1, -0.05) is 12.1 Å². The second-order valence-corrected chi connectivity index (χ2v) is 7.09. The van der Waals surface area contributed by atoms with Crippen LogP contribution in [-0.4, -0.2) is 65.4 Å². The summed E-state index contributed by atoms with van der Waals surface area (Å²) in [6.45, 7) is 6.06. The Morgan fingerprint density at radius 1 is 0.867 bits per heavy atom. The van der Waals surface area contributed by atoms with Gasteiger partial charge in [0.25, 0.3) is 0 Å². The van der Waals surface area contributed by atoms with Crippen LogP contribution in [0.15, 0.2) is 48.5 Å². The molecule has 0 saturated carbocycles. The Balaban J connectivity index is 0.00000280. The Labute approximate surface area is 199 Å². The summed E-state index contributed by atoms with van der Waals surface area (Å²) in [5.74, 6) is 1.90. The van der Waals surface area contributed by atoms with Crippen LogP contribution in [0.3, 0.4) is 0 Å². The standard InChI is InChI=1S/C22H31N3O2.3ClH/c1-23(2)19-9-11-20(12-10-19)27-18-6-13-24-14-16-25(17-15-24)21-7-4-5-8-22(21)26-3;;;/h4-5,7-12H,6,13-18H2,1-3H3;3*1H. The van der Waals surface area contributed by atoms with Gasteiger partial charge in [-0.05, 0) is 42.8 Å². The van der Waals surface area contributed by atoms with Gasteiger partial charge in [0, 0.05) is 52.5 Å². The molecule has 3 rings (SSSR count). The molecular formula is C22H34Cl3N3O2. The first kappa shape index (κ1) is 28.5. The maximum Gasteiger partial charge on any atom is 0.142 e. The number of hydrogen-bond donors (Lipinski definition) is 0. The van der Waals surface area contributed by atoms with Gasteiger partial charge in [0.05, 0.1) is 19.4 Å². The minimum absolute atomic E-state index is 0. The number of methoxy groups -OCH3 is 1. The van der Waals surface area contributed by atoms with Crippen LogP contribution in [-0.2, 0) is 0 Å². The van der Waals surface area contributed by atoms with E-state index in [1.807, 2.05) is 38.4 Å². The molecule has 1 fully saturated rings. The average Bonchev–Trinajstić information content (AvgIpc) is 2.72. The van der Waals surface area contributed by atoms with E-state index in [-0.39, 0.29) is 37.2 Å². The smallest absolute Gasteiger partial charge is 0.142 e. The van der Waals surface area contributed by atoms with Crippen molar-refractivity contribution in [1.82, 2.24) is 4.90 Å². The molecule has 0 N–H and O–H groups in total. The molecule has 170 valence electrons. The number of para-hydroxylation sites is 2. The summed E-state index contributed by atoms with van der Waals surface area (Å²) in [4.78, 5) is 7.02. The fourth-order valence-corrected chi connectivity index (χ4v) is 3.42. The third-order valence-corrected chi connectivity index (χ3v) is 5.04. The molecule has 1 heterocycles. The van der Waals surface area contributed by atoms with E-state index in [9.17, 15) is 0 Å². The molecule has 5 nitrogen and oxygen atoms in total. The van der Waals surface area contributed by atoms with Crippen LogP contribution in [0.2, 0.25) is 0 Å². The number of ether oxygens (including phenoxy) is 2. The van der Waals surface area contributed by atoms with Crippen LogP contribution in [0.4, 0.5) is 11.4 Å². The molecule has 0 radical (unpaired) electrons. The molecule has 30 heavy (non-hydrogen) atoms. The predicted octanol–water partition coefficient (Wildman–Crippen LogP) is 4.62. The SMILES string of the molecule is COc1ccccc1N1CCN(CCCOc2ccc(N(C)C)cc2)CC1.Cl.Cl.Cl. The highest BCUT2D eigenvalue weighted by molar-refractivity contribution is 5.86. The minimum atomic E-state index is 0. The molecule has 2 aromatic rings. The van der Waals surface area contributed by atoms with Crippen molar-refractivity contribution in [3.8, 4) is 11.5 Å². The lowest BCUT2D eigenvalue weighted by atomic mass is 10.2. The van der Waals surface area contributed by atoms with E-state index < -0.39 is 0 Å². The molecule has 0 aliphatic carbocycles. The second kappa shape index (κ2) is 14.5. The van der Waals surface area contributed by atoms with E-state index in [4.69, 9.17) is 9.47 Å². The van der Waals surface area contributed by atoms with Crippen LogP contribution in [0.5, 0.6) is 11.5 Å². The van der Waals surface area contributed by atoms with Crippen molar-refractivity contribution in [2.75, 3.05) is 70.3 Å². The summed E-state index contributed by atoms with van der Waals surface area (Å²) in [7, 11) is 5.83. The van der Waals surface area contributed by atoms with E-state index in [0.717, 1.165) is 57.3 Å². The largest absolute Gasteiger partial charge is 0.495 e. The fraction of sp³-hybridized carbons (Fsp3) is 0.455. The lowest BCUT2D eigenvalue weighted by molar-refractivity contribution is 0.224. The van der Waals surface area contributed by atoms with Crippen molar-refractivity contribution in [1.29, 1.82) is 0 Å². The molecule has 0 unspecified atom stereocenters. The summed E-state index contributed by atoms with van der Waals surface area (Å²) in [5, 5.41) is 0. The highest BCUT2D eigenvalue weighted by atomic mass is 35.5. The van der Waals surface area contributed by atoms with Gasteiger partial charge in [-0.25, -0.2) is 0 Å².